The van der Waals surface area contributed by atoms with Gasteiger partial charge in [-0.1, -0.05) is 0 Å². The molecule has 2 nitrogen and oxygen atoms in total. The molecule has 1 fully saturated rings. The van der Waals surface area contributed by atoms with Gasteiger partial charge in [0, 0.05) is 35.8 Å². The van der Waals surface area contributed by atoms with Crippen molar-refractivity contribution in [3.63, 3.8) is 0 Å². The van der Waals surface area contributed by atoms with Crippen molar-refractivity contribution in [2.24, 2.45) is 5.73 Å². The maximum Gasteiger partial charge on any atom is 0.416 e. The summed E-state index contributed by atoms with van der Waals surface area (Å²) in [6.45, 7) is 5.88. The Kier molecular flexibility index (Phi) is 4.25. The van der Waals surface area contributed by atoms with Gasteiger partial charge >= 0.3 is 6.18 Å². The number of benzene rings is 1. The summed E-state index contributed by atoms with van der Waals surface area (Å²) in [4.78, 5) is 2.13. The van der Waals surface area contributed by atoms with Crippen LogP contribution in [-0.2, 0) is 12.7 Å². The van der Waals surface area contributed by atoms with Crippen LogP contribution in [0, 0.1) is 0 Å². The SMILES string of the molecule is CC1(C)CN(c2ccc(C(F)(F)F)c(CN)c2)CCS1. The molecule has 0 amide bonds. The van der Waals surface area contributed by atoms with E-state index in [2.05, 4.69) is 18.7 Å². The number of alkyl halides is 3. The van der Waals surface area contributed by atoms with E-state index in [1.807, 2.05) is 11.8 Å². The van der Waals surface area contributed by atoms with E-state index in [1.54, 1.807) is 12.1 Å². The monoisotopic (exact) mass is 304 g/mol. The maximum absolute atomic E-state index is 12.9. The fourth-order valence-electron chi connectivity index (χ4n) is 2.46. The maximum atomic E-state index is 12.9. The van der Waals surface area contributed by atoms with Crippen LogP contribution in [0.2, 0.25) is 0 Å². The third kappa shape index (κ3) is 3.41. The minimum Gasteiger partial charge on any atom is -0.369 e. The molecule has 112 valence electrons. The number of anilines is 1. The summed E-state index contributed by atoms with van der Waals surface area (Å²) < 4.78 is 38.7. The van der Waals surface area contributed by atoms with E-state index in [1.165, 1.54) is 0 Å². The number of hydrogen-bond acceptors (Lipinski definition) is 3. The summed E-state index contributed by atoms with van der Waals surface area (Å²) >= 11 is 1.89. The molecule has 0 aliphatic carbocycles. The molecule has 0 radical (unpaired) electrons. The van der Waals surface area contributed by atoms with Gasteiger partial charge in [-0.2, -0.15) is 24.9 Å². The predicted molar refractivity (Wildman–Crippen MR) is 78.1 cm³/mol. The van der Waals surface area contributed by atoms with Crippen LogP contribution in [0.1, 0.15) is 25.0 Å². The first kappa shape index (κ1) is 15.5. The van der Waals surface area contributed by atoms with Gasteiger partial charge in [0.25, 0.3) is 0 Å². The Morgan fingerprint density at radius 3 is 2.60 bits per heavy atom. The molecule has 0 saturated carbocycles. The van der Waals surface area contributed by atoms with Crippen molar-refractivity contribution in [2.75, 3.05) is 23.7 Å². The van der Waals surface area contributed by atoms with E-state index in [4.69, 9.17) is 5.73 Å². The zero-order valence-corrected chi connectivity index (χ0v) is 12.4. The van der Waals surface area contributed by atoms with Crippen LogP contribution >= 0.6 is 11.8 Å². The summed E-state index contributed by atoms with van der Waals surface area (Å²) in [5, 5.41) is 0. The average molecular weight is 304 g/mol. The molecule has 2 rings (SSSR count). The van der Waals surface area contributed by atoms with Gasteiger partial charge in [0.15, 0.2) is 0 Å². The molecule has 1 aromatic rings. The van der Waals surface area contributed by atoms with Crippen LogP contribution in [0.4, 0.5) is 18.9 Å². The summed E-state index contributed by atoms with van der Waals surface area (Å²) in [5.74, 6) is 0.978. The molecule has 0 atom stereocenters. The highest BCUT2D eigenvalue weighted by Crippen LogP contribution is 2.36. The average Bonchev–Trinajstić information content (AvgIpc) is 2.35. The van der Waals surface area contributed by atoms with Gasteiger partial charge in [0.2, 0.25) is 0 Å². The minimum absolute atomic E-state index is 0.103. The van der Waals surface area contributed by atoms with E-state index in [9.17, 15) is 13.2 Å². The minimum atomic E-state index is -4.34. The molecule has 6 heteroatoms. The van der Waals surface area contributed by atoms with Gasteiger partial charge in [-0.25, -0.2) is 0 Å². The van der Waals surface area contributed by atoms with Crippen molar-refractivity contribution in [1.82, 2.24) is 0 Å². The lowest BCUT2D eigenvalue weighted by atomic mass is 10.0. The molecule has 1 heterocycles. The van der Waals surface area contributed by atoms with E-state index in [0.29, 0.717) is 0 Å². The highest BCUT2D eigenvalue weighted by Gasteiger charge is 2.34. The predicted octanol–water partition coefficient (Wildman–Crippen LogP) is 3.50. The van der Waals surface area contributed by atoms with E-state index >= 15 is 0 Å². The summed E-state index contributed by atoms with van der Waals surface area (Å²) in [6.07, 6.45) is -4.34. The van der Waals surface area contributed by atoms with Crippen molar-refractivity contribution >= 4 is 17.4 Å². The second kappa shape index (κ2) is 5.48. The second-order valence-electron chi connectivity index (χ2n) is 5.57. The van der Waals surface area contributed by atoms with Crippen molar-refractivity contribution in [3.05, 3.63) is 29.3 Å². The molecular weight excluding hydrogens is 285 g/mol. The van der Waals surface area contributed by atoms with Gasteiger partial charge in [0.1, 0.15) is 0 Å². The first-order valence-electron chi connectivity index (χ1n) is 6.52. The molecule has 1 aliphatic rings. The molecule has 0 spiro atoms. The fourth-order valence-corrected chi connectivity index (χ4v) is 3.57. The van der Waals surface area contributed by atoms with Crippen LogP contribution < -0.4 is 10.6 Å². The van der Waals surface area contributed by atoms with Crippen LogP contribution in [0.25, 0.3) is 0 Å². The van der Waals surface area contributed by atoms with Crippen molar-refractivity contribution in [3.8, 4) is 0 Å². The molecule has 0 aromatic heterocycles. The number of halogens is 3. The molecular formula is C14H19F3N2S. The normalized spacial score (nSPS) is 19.2. The second-order valence-corrected chi connectivity index (χ2v) is 7.38. The quantitative estimate of drug-likeness (QED) is 0.907. The molecule has 1 saturated heterocycles. The Labute approximate surface area is 121 Å². The standard InChI is InChI=1S/C14H19F3N2S/c1-13(2)9-19(5-6-20-13)11-3-4-12(14(15,16)17)10(7-11)8-18/h3-4,7H,5-6,8-9,18H2,1-2H3. The topological polar surface area (TPSA) is 29.3 Å². The first-order chi connectivity index (χ1) is 9.23. The third-order valence-electron chi connectivity index (χ3n) is 3.40. The Hall–Kier alpha value is -0.880. The van der Waals surface area contributed by atoms with Crippen LogP contribution in [0.15, 0.2) is 18.2 Å². The van der Waals surface area contributed by atoms with Crippen molar-refractivity contribution in [2.45, 2.75) is 31.3 Å². The molecule has 2 N–H and O–H groups in total. The van der Waals surface area contributed by atoms with Gasteiger partial charge in [-0.05, 0) is 37.6 Å². The zero-order valence-electron chi connectivity index (χ0n) is 11.6. The molecule has 0 bridgehead atoms. The van der Waals surface area contributed by atoms with E-state index in [-0.39, 0.29) is 16.9 Å². The van der Waals surface area contributed by atoms with Crippen LogP contribution in [0.3, 0.4) is 0 Å². The number of hydrogen-bond donors (Lipinski definition) is 1. The van der Waals surface area contributed by atoms with E-state index < -0.39 is 11.7 Å². The lowest BCUT2D eigenvalue weighted by molar-refractivity contribution is -0.138. The Morgan fingerprint density at radius 1 is 1.35 bits per heavy atom. The Morgan fingerprint density at radius 2 is 2.05 bits per heavy atom. The van der Waals surface area contributed by atoms with Gasteiger partial charge in [-0.3, -0.25) is 0 Å². The number of nitrogens with zero attached hydrogens (tertiary/aromatic N) is 1. The van der Waals surface area contributed by atoms with Gasteiger partial charge in [-0.15, -0.1) is 0 Å². The van der Waals surface area contributed by atoms with Crippen LogP contribution in [0.5, 0.6) is 0 Å². The Bertz CT molecular complexity index is 486. The highest BCUT2D eigenvalue weighted by atomic mass is 32.2. The smallest absolute Gasteiger partial charge is 0.369 e. The largest absolute Gasteiger partial charge is 0.416 e. The summed E-state index contributed by atoms with van der Waals surface area (Å²) in [5.41, 5.74) is 5.83. The van der Waals surface area contributed by atoms with Crippen LogP contribution in [-0.4, -0.2) is 23.6 Å². The van der Waals surface area contributed by atoms with Crippen molar-refractivity contribution in [1.29, 1.82) is 0 Å². The number of nitrogens with two attached hydrogens (primary N) is 1. The van der Waals surface area contributed by atoms with Gasteiger partial charge < -0.3 is 10.6 Å². The lowest BCUT2D eigenvalue weighted by Gasteiger charge is -2.39. The van der Waals surface area contributed by atoms with Crippen molar-refractivity contribution < 1.29 is 13.2 Å². The Balaban J connectivity index is 2.30. The summed E-state index contributed by atoms with van der Waals surface area (Å²) in [6, 6.07) is 4.27. The number of thioether (sulfide) groups is 1. The zero-order chi connectivity index (χ0) is 15.0. The molecule has 20 heavy (non-hydrogen) atoms. The highest BCUT2D eigenvalue weighted by molar-refractivity contribution is 8.00. The lowest BCUT2D eigenvalue weighted by Crippen LogP contribution is -2.43. The molecule has 0 unspecified atom stereocenters. The van der Waals surface area contributed by atoms with E-state index in [0.717, 1.165) is 30.6 Å². The van der Waals surface area contributed by atoms with Gasteiger partial charge in [0.05, 0.1) is 5.56 Å². The number of rotatable bonds is 2. The third-order valence-corrected chi connectivity index (χ3v) is 4.70. The molecule has 1 aromatic carbocycles. The summed E-state index contributed by atoms with van der Waals surface area (Å²) in [7, 11) is 0. The fraction of sp³-hybridized carbons (Fsp3) is 0.571. The molecule has 1 aliphatic heterocycles. The first-order valence-corrected chi connectivity index (χ1v) is 7.50.